The fourth-order valence-corrected chi connectivity index (χ4v) is 2.38. The van der Waals surface area contributed by atoms with Gasteiger partial charge in [0.2, 0.25) is 0 Å². The lowest BCUT2D eigenvalue weighted by Crippen LogP contribution is -2.24. The van der Waals surface area contributed by atoms with Crippen molar-refractivity contribution < 1.29 is 9.53 Å². The number of amides is 1. The van der Waals surface area contributed by atoms with Gasteiger partial charge in [-0.3, -0.25) is 14.5 Å². The van der Waals surface area contributed by atoms with Crippen molar-refractivity contribution in [2.24, 2.45) is 0 Å². The van der Waals surface area contributed by atoms with Crippen LogP contribution in [0.2, 0.25) is 0 Å². The summed E-state index contributed by atoms with van der Waals surface area (Å²) in [7, 11) is 0. The SMILES string of the molecule is O=C(Nc1cnn(CC2CCCCO2)c1)c1ccccn1. The molecule has 6 nitrogen and oxygen atoms in total. The van der Waals surface area contributed by atoms with Crippen LogP contribution in [0.15, 0.2) is 36.8 Å². The molecule has 0 bridgehead atoms. The van der Waals surface area contributed by atoms with Gasteiger partial charge in [0.25, 0.3) is 5.91 Å². The van der Waals surface area contributed by atoms with Gasteiger partial charge in [0.1, 0.15) is 5.69 Å². The van der Waals surface area contributed by atoms with E-state index in [-0.39, 0.29) is 12.0 Å². The fourth-order valence-electron chi connectivity index (χ4n) is 2.38. The Kier molecular flexibility index (Phi) is 4.25. The predicted octanol–water partition coefficient (Wildman–Crippen LogP) is 2.10. The molecule has 1 fully saturated rings. The van der Waals surface area contributed by atoms with Crippen molar-refractivity contribution in [1.29, 1.82) is 0 Å². The molecule has 1 N–H and O–H groups in total. The Morgan fingerprint density at radius 1 is 1.43 bits per heavy atom. The molecule has 3 heterocycles. The second-order valence-corrected chi connectivity index (χ2v) is 5.11. The molecule has 0 spiro atoms. The lowest BCUT2D eigenvalue weighted by atomic mass is 10.1. The summed E-state index contributed by atoms with van der Waals surface area (Å²) in [6.45, 7) is 1.55. The van der Waals surface area contributed by atoms with Crippen LogP contribution in [0, 0.1) is 0 Å². The maximum Gasteiger partial charge on any atom is 0.274 e. The third kappa shape index (κ3) is 3.66. The van der Waals surface area contributed by atoms with E-state index in [9.17, 15) is 4.79 Å². The number of pyridine rings is 1. The highest BCUT2D eigenvalue weighted by Gasteiger charge is 2.15. The highest BCUT2D eigenvalue weighted by molar-refractivity contribution is 6.02. The molecule has 0 radical (unpaired) electrons. The second-order valence-electron chi connectivity index (χ2n) is 5.11. The standard InChI is InChI=1S/C15H18N4O2/c20-15(14-6-1-3-7-16-14)18-12-9-17-19(10-12)11-13-5-2-4-8-21-13/h1,3,6-7,9-10,13H,2,4-5,8,11H2,(H,18,20). The molecule has 1 unspecified atom stereocenters. The molecule has 3 rings (SSSR count). The summed E-state index contributed by atoms with van der Waals surface area (Å²) in [6, 6.07) is 5.24. The van der Waals surface area contributed by atoms with Crippen LogP contribution in [-0.4, -0.2) is 33.4 Å². The Labute approximate surface area is 123 Å². The minimum atomic E-state index is -0.232. The first-order valence-electron chi connectivity index (χ1n) is 7.18. The van der Waals surface area contributed by atoms with Gasteiger partial charge in [-0.2, -0.15) is 5.10 Å². The normalized spacial score (nSPS) is 18.4. The molecule has 1 aliphatic heterocycles. The van der Waals surface area contributed by atoms with Crippen LogP contribution in [-0.2, 0) is 11.3 Å². The minimum Gasteiger partial charge on any atom is -0.376 e. The van der Waals surface area contributed by atoms with E-state index in [2.05, 4.69) is 15.4 Å². The van der Waals surface area contributed by atoms with Crippen LogP contribution in [0.1, 0.15) is 29.8 Å². The number of hydrogen-bond donors (Lipinski definition) is 1. The van der Waals surface area contributed by atoms with E-state index >= 15 is 0 Å². The van der Waals surface area contributed by atoms with Crippen molar-refractivity contribution in [3.63, 3.8) is 0 Å². The number of carbonyl (C=O) groups is 1. The lowest BCUT2D eigenvalue weighted by molar-refractivity contribution is 0.00401. The average molecular weight is 286 g/mol. The topological polar surface area (TPSA) is 69.0 Å². The predicted molar refractivity (Wildman–Crippen MR) is 78.0 cm³/mol. The molecule has 21 heavy (non-hydrogen) atoms. The Morgan fingerprint density at radius 2 is 2.38 bits per heavy atom. The van der Waals surface area contributed by atoms with Crippen molar-refractivity contribution >= 4 is 11.6 Å². The first-order valence-corrected chi connectivity index (χ1v) is 7.18. The molecule has 1 saturated heterocycles. The highest BCUT2D eigenvalue weighted by Crippen LogP contribution is 2.15. The molecule has 1 atom stereocenters. The minimum absolute atomic E-state index is 0.220. The van der Waals surface area contributed by atoms with Gasteiger partial charge in [0.15, 0.2) is 0 Å². The average Bonchev–Trinajstić information content (AvgIpc) is 2.96. The summed E-state index contributed by atoms with van der Waals surface area (Å²) < 4.78 is 7.49. The molecule has 0 aliphatic carbocycles. The second kappa shape index (κ2) is 6.49. The number of nitrogens with zero attached hydrogens (tertiary/aromatic N) is 3. The molecule has 110 valence electrons. The number of anilines is 1. The first kappa shape index (κ1) is 13.8. The van der Waals surface area contributed by atoms with E-state index in [0.717, 1.165) is 26.0 Å². The molecule has 0 saturated carbocycles. The van der Waals surface area contributed by atoms with Gasteiger partial charge in [0, 0.05) is 19.0 Å². The Bertz CT molecular complexity index is 591. The van der Waals surface area contributed by atoms with Gasteiger partial charge in [-0.05, 0) is 31.4 Å². The van der Waals surface area contributed by atoms with E-state index in [1.54, 1.807) is 30.6 Å². The molecule has 2 aromatic heterocycles. The third-order valence-electron chi connectivity index (χ3n) is 3.45. The Balaban J connectivity index is 1.58. The van der Waals surface area contributed by atoms with E-state index in [1.807, 2.05) is 10.9 Å². The summed E-state index contributed by atoms with van der Waals surface area (Å²) in [5, 5.41) is 7.05. The van der Waals surface area contributed by atoms with Gasteiger partial charge < -0.3 is 10.1 Å². The number of ether oxygens (including phenoxy) is 1. The highest BCUT2D eigenvalue weighted by atomic mass is 16.5. The summed E-state index contributed by atoms with van der Waals surface area (Å²) in [6.07, 6.45) is 8.69. The maximum absolute atomic E-state index is 12.0. The van der Waals surface area contributed by atoms with Crippen LogP contribution in [0.4, 0.5) is 5.69 Å². The smallest absolute Gasteiger partial charge is 0.274 e. The summed E-state index contributed by atoms with van der Waals surface area (Å²) in [5.74, 6) is -0.232. The van der Waals surface area contributed by atoms with Crippen molar-refractivity contribution in [2.75, 3.05) is 11.9 Å². The van der Waals surface area contributed by atoms with Crippen LogP contribution in [0.25, 0.3) is 0 Å². The number of hydrogen-bond acceptors (Lipinski definition) is 4. The molecule has 1 aliphatic rings. The van der Waals surface area contributed by atoms with Gasteiger partial charge >= 0.3 is 0 Å². The van der Waals surface area contributed by atoms with Crippen LogP contribution in [0.5, 0.6) is 0 Å². The quantitative estimate of drug-likeness (QED) is 0.934. The van der Waals surface area contributed by atoms with E-state index in [1.165, 1.54) is 6.42 Å². The van der Waals surface area contributed by atoms with Crippen molar-refractivity contribution in [2.45, 2.75) is 31.9 Å². The van der Waals surface area contributed by atoms with Crippen LogP contribution < -0.4 is 5.32 Å². The zero-order valence-electron chi connectivity index (χ0n) is 11.7. The van der Waals surface area contributed by atoms with Gasteiger partial charge in [-0.15, -0.1) is 0 Å². The Hall–Kier alpha value is -2.21. The molecule has 1 amide bonds. The maximum atomic E-state index is 12.0. The summed E-state index contributed by atoms with van der Waals surface area (Å²) in [5.41, 5.74) is 1.06. The number of rotatable bonds is 4. The Morgan fingerprint density at radius 3 is 3.14 bits per heavy atom. The van der Waals surface area contributed by atoms with Crippen molar-refractivity contribution in [1.82, 2.24) is 14.8 Å². The number of nitrogens with one attached hydrogen (secondary N) is 1. The zero-order valence-corrected chi connectivity index (χ0v) is 11.7. The zero-order chi connectivity index (χ0) is 14.5. The first-order chi connectivity index (χ1) is 10.3. The summed E-state index contributed by atoms with van der Waals surface area (Å²) >= 11 is 0. The van der Waals surface area contributed by atoms with E-state index in [4.69, 9.17) is 4.74 Å². The van der Waals surface area contributed by atoms with Gasteiger partial charge in [0.05, 0.1) is 24.5 Å². The molecule has 2 aromatic rings. The fraction of sp³-hybridized carbons (Fsp3) is 0.400. The molecule has 0 aromatic carbocycles. The van der Waals surface area contributed by atoms with Crippen LogP contribution in [0.3, 0.4) is 0 Å². The lowest BCUT2D eigenvalue weighted by Gasteiger charge is -2.22. The number of aromatic nitrogens is 3. The van der Waals surface area contributed by atoms with Gasteiger partial charge in [-0.25, -0.2) is 0 Å². The monoisotopic (exact) mass is 286 g/mol. The van der Waals surface area contributed by atoms with Crippen molar-refractivity contribution in [3.8, 4) is 0 Å². The molecule has 6 heteroatoms. The molecular weight excluding hydrogens is 268 g/mol. The largest absolute Gasteiger partial charge is 0.376 e. The van der Waals surface area contributed by atoms with Crippen molar-refractivity contribution in [3.05, 3.63) is 42.5 Å². The number of carbonyl (C=O) groups excluding carboxylic acids is 1. The molecular formula is C15H18N4O2. The summed E-state index contributed by atoms with van der Waals surface area (Å²) in [4.78, 5) is 16.0. The van der Waals surface area contributed by atoms with Gasteiger partial charge in [-0.1, -0.05) is 6.07 Å². The van der Waals surface area contributed by atoms with E-state index < -0.39 is 0 Å². The van der Waals surface area contributed by atoms with E-state index in [0.29, 0.717) is 11.4 Å². The van der Waals surface area contributed by atoms with Crippen LogP contribution >= 0.6 is 0 Å². The third-order valence-corrected chi connectivity index (χ3v) is 3.45.